The number of halogens is 3. The number of rotatable bonds is 6. The van der Waals surface area contributed by atoms with Crippen LogP contribution in [0.2, 0.25) is 0 Å². The number of hydrogen-bond donors (Lipinski definition) is 1. The van der Waals surface area contributed by atoms with Crippen molar-refractivity contribution in [3.63, 3.8) is 0 Å². The van der Waals surface area contributed by atoms with Gasteiger partial charge in [-0.25, -0.2) is 0 Å². The second-order valence-electron chi connectivity index (χ2n) is 5.12. The Balaban J connectivity index is 2.02. The average molecular weight is 364 g/mol. The van der Waals surface area contributed by atoms with Crippen LogP contribution in [0.5, 0.6) is 11.5 Å². The summed E-state index contributed by atoms with van der Waals surface area (Å²) in [6, 6.07) is 10.7. The van der Waals surface area contributed by atoms with Gasteiger partial charge in [0.15, 0.2) is 18.1 Å². The van der Waals surface area contributed by atoms with E-state index in [1.165, 1.54) is 30.3 Å². The van der Waals surface area contributed by atoms with Gasteiger partial charge in [-0.05, 0) is 37.3 Å². The first-order chi connectivity index (χ1) is 12.3. The lowest BCUT2D eigenvalue weighted by Crippen LogP contribution is -2.20. The molecule has 0 atom stereocenters. The van der Waals surface area contributed by atoms with Gasteiger partial charge >= 0.3 is 6.18 Å². The van der Waals surface area contributed by atoms with Crippen LogP contribution in [0.4, 0.5) is 18.9 Å². The quantitative estimate of drug-likeness (QED) is 0.841. The van der Waals surface area contributed by atoms with Crippen LogP contribution in [0.1, 0.15) is 18.1 Å². The molecule has 0 saturated heterocycles. The second kappa shape index (κ2) is 8.25. The van der Waals surface area contributed by atoms with Crippen LogP contribution in [0.25, 0.3) is 0 Å². The minimum absolute atomic E-state index is 0.0123. The van der Waals surface area contributed by atoms with Crippen molar-refractivity contribution in [1.82, 2.24) is 0 Å². The summed E-state index contributed by atoms with van der Waals surface area (Å²) in [6.07, 6.45) is -4.49. The van der Waals surface area contributed by atoms with E-state index < -0.39 is 24.3 Å². The van der Waals surface area contributed by atoms with E-state index in [0.29, 0.717) is 17.9 Å². The summed E-state index contributed by atoms with van der Waals surface area (Å²) in [5, 5.41) is 11.2. The largest absolute Gasteiger partial charge is 0.490 e. The van der Waals surface area contributed by atoms with Crippen LogP contribution in [0, 0.1) is 11.3 Å². The van der Waals surface area contributed by atoms with Gasteiger partial charge in [-0.15, -0.1) is 0 Å². The van der Waals surface area contributed by atoms with Gasteiger partial charge in [-0.1, -0.05) is 6.07 Å². The molecule has 0 fully saturated rings. The first-order valence-electron chi connectivity index (χ1n) is 7.60. The van der Waals surface area contributed by atoms with Crippen LogP contribution >= 0.6 is 0 Å². The van der Waals surface area contributed by atoms with Gasteiger partial charge in [0, 0.05) is 11.8 Å². The van der Waals surface area contributed by atoms with E-state index in [2.05, 4.69) is 5.32 Å². The van der Waals surface area contributed by atoms with E-state index in [9.17, 15) is 18.0 Å². The Morgan fingerprint density at radius 2 is 1.92 bits per heavy atom. The Hall–Kier alpha value is -3.21. The summed E-state index contributed by atoms with van der Waals surface area (Å²) < 4.78 is 48.7. The van der Waals surface area contributed by atoms with Gasteiger partial charge in [-0.3, -0.25) is 4.79 Å². The normalized spacial score (nSPS) is 10.7. The van der Waals surface area contributed by atoms with Crippen molar-refractivity contribution in [3.05, 3.63) is 53.6 Å². The second-order valence-corrected chi connectivity index (χ2v) is 5.12. The first kappa shape index (κ1) is 19.1. The summed E-state index contributed by atoms with van der Waals surface area (Å²) in [5.74, 6) is -0.0698. The van der Waals surface area contributed by atoms with E-state index in [1.54, 1.807) is 6.92 Å². The number of ether oxygens (including phenoxy) is 2. The van der Waals surface area contributed by atoms with Gasteiger partial charge in [0.25, 0.3) is 5.91 Å². The zero-order chi connectivity index (χ0) is 19.2. The summed E-state index contributed by atoms with van der Waals surface area (Å²) in [7, 11) is 0. The van der Waals surface area contributed by atoms with Crippen molar-refractivity contribution in [2.45, 2.75) is 13.1 Å². The highest BCUT2D eigenvalue weighted by atomic mass is 19.4. The predicted octanol–water partition coefficient (Wildman–Crippen LogP) is 3.99. The molecule has 0 saturated carbocycles. The molecule has 0 spiro atoms. The summed E-state index contributed by atoms with van der Waals surface area (Å²) in [6.45, 7) is 1.66. The summed E-state index contributed by atoms with van der Waals surface area (Å²) in [4.78, 5) is 11.9. The number of nitrogens with one attached hydrogen (secondary N) is 1. The number of alkyl halides is 3. The number of carbonyl (C=O) groups is 1. The molecule has 0 heterocycles. The number of hydrogen-bond acceptors (Lipinski definition) is 4. The molecule has 1 N–H and O–H groups in total. The fourth-order valence-electron chi connectivity index (χ4n) is 2.08. The van der Waals surface area contributed by atoms with Crippen LogP contribution in [-0.4, -0.2) is 19.1 Å². The van der Waals surface area contributed by atoms with Crippen molar-refractivity contribution in [2.75, 3.05) is 18.5 Å². The van der Waals surface area contributed by atoms with Crippen LogP contribution < -0.4 is 14.8 Å². The Morgan fingerprint density at radius 3 is 2.58 bits per heavy atom. The number of anilines is 1. The predicted molar refractivity (Wildman–Crippen MR) is 87.9 cm³/mol. The average Bonchev–Trinajstić information content (AvgIpc) is 2.60. The van der Waals surface area contributed by atoms with Gasteiger partial charge in [0.05, 0.1) is 23.8 Å². The van der Waals surface area contributed by atoms with Gasteiger partial charge in [-0.2, -0.15) is 18.4 Å². The Labute approximate surface area is 148 Å². The molecule has 5 nitrogen and oxygen atoms in total. The van der Waals surface area contributed by atoms with E-state index >= 15 is 0 Å². The van der Waals surface area contributed by atoms with Gasteiger partial charge in [0.2, 0.25) is 0 Å². The molecule has 0 bridgehead atoms. The SMILES string of the molecule is CCOc1cc(C#N)ccc1OCC(=O)Nc1cccc(C(F)(F)F)c1. The highest BCUT2D eigenvalue weighted by Crippen LogP contribution is 2.31. The number of nitrogens with zero attached hydrogens (tertiary/aromatic N) is 1. The van der Waals surface area contributed by atoms with Gasteiger partial charge < -0.3 is 14.8 Å². The summed E-state index contributed by atoms with van der Waals surface area (Å²) >= 11 is 0. The molecule has 0 radical (unpaired) electrons. The number of benzene rings is 2. The lowest BCUT2D eigenvalue weighted by atomic mass is 10.2. The molecule has 136 valence electrons. The van der Waals surface area contributed by atoms with Crippen LogP contribution in [-0.2, 0) is 11.0 Å². The molecule has 2 aromatic carbocycles. The third kappa shape index (κ3) is 5.14. The molecular formula is C18H15F3N2O3. The van der Waals surface area contributed by atoms with E-state index in [4.69, 9.17) is 14.7 Å². The molecule has 0 aliphatic heterocycles. The van der Waals surface area contributed by atoms with Crippen LogP contribution in [0.15, 0.2) is 42.5 Å². The van der Waals surface area contributed by atoms with E-state index in [0.717, 1.165) is 12.1 Å². The highest BCUT2D eigenvalue weighted by molar-refractivity contribution is 5.92. The molecule has 0 aromatic heterocycles. The van der Waals surface area contributed by atoms with Crippen molar-refractivity contribution in [2.24, 2.45) is 0 Å². The summed E-state index contributed by atoms with van der Waals surface area (Å²) in [5.41, 5.74) is -0.477. The lowest BCUT2D eigenvalue weighted by Gasteiger charge is -2.13. The topological polar surface area (TPSA) is 71.3 Å². The van der Waals surface area contributed by atoms with Crippen LogP contribution in [0.3, 0.4) is 0 Å². The minimum atomic E-state index is -4.49. The highest BCUT2D eigenvalue weighted by Gasteiger charge is 2.30. The third-order valence-corrected chi connectivity index (χ3v) is 3.21. The Kier molecular flexibility index (Phi) is 6.07. The number of amides is 1. The Morgan fingerprint density at radius 1 is 1.15 bits per heavy atom. The molecular weight excluding hydrogens is 349 g/mol. The number of nitriles is 1. The molecule has 2 rings (SSSR count). The zero-order valence-corrected chi connectivity index (χ0v) is 13.8. The molecule has 0 aliphatic rings. The maximum Gasteiger partial charge on any atom is 0.416 e. The third-order valence-electron chi connectivity index (χ3n) is 3.21. The fourth-order valence-corrected chi connectivity index (χ4v) is 2.08. The molecule has 0 aliphatic carbocycles. The molecule has 0 unspecified atom stereocenters. The van der Waals surface area contributed by atoms with Crippen molar-refractivity contribution >= 4 is 11.6 Å². The minimum Gasteiger partial charge on any atom is -0.490 e. The van der Waals surface area contributed by atoms with Crippen molar-refractivity contribution in [3.8, 4) is 17.6 Å². The first-order valence-corrected chi connectivity index (χ1v) is 7.60. The smallest absolute Gasteiger partial charge is 0.416 e. The lowest BCUT2D eigenvalue weighted by molar-refractivity contribution is -0.137. The molecule has 1 amide bonds. The fraction of sp³-hybridized carbons (Fsp3) is 0.222. The Bertz CT molecular complexity index is 829. The maximum atomic E-state index is 12.7. The standard InChI is InChI=1S/C18H15F3N2O3/c1-2-25-16-8-12(10-22)6-7-15(16)26-11-17(24)23-14-5-3-4-13(9-14)18(19,20)21/h3-9H,2,11H2,1H3,(H,23,24). The van der Waals surface area contributed by atoms with Crippen molar-refractivity contribution in [1.29, 1.82) is 5.26 Å². The van der Waals surface area contributed by atoms with E-state index in [1.807, 2.05) is 6.07 Å². The molecule has 26 heavy (non-hydrogen) atoms. The molecule has 2 aromatic rings. The van der Waals surface area contributed by atoms with Gasteiger partial charge in [0.1, 0.15) is 0 Å². The van der Waals surface area contributed by atoms with Crippen molar-refractivity contribution < 1.29 is 27.4 Å². The van der Waals surface area contributed by atoms with E-state index in [-0.39, 0.29) is 11.4 Å². The molecule has 8 heteroatoms. The number of carbonyl (C=O) groups excluding carboxylic acids is 1. The maximum absolute atomic E-state index is 12.7. The monoisotopic (exact) mass is 364 g/mol. The zero-order valence-electron chi connectivity index (χ0n) is 13.8.